The Labute approximate surface area is 158 Å². The van der Waals surface area contributed by atoms with Crippen LogP contribution in [-0.4, -0.2) is 74.6 Å². The summed E-state index contributed by atoms with van der Waals surface area (Å²) in [7, 11) is 4.88. The molecule has 1 saturated heterocycles. The molecule has 3 rings (SSSR count). The molecule has 0 aliphatic carbocycles. The van der Waals surface area contributed by atoms with E-state index in [0.29, 0.717) is 12.1 Å². The minimum atomic E-state index is -0.498. The van der Waals surface area contributed by atoms with Crippen molar-refractivity contribution in [2.45, 2.75) is 37.1 Å². The van der Waals surface area contributed by atoms with E-state index < -0.39 is 6.10 Å². The van der Waals surface area contributed by atoms with Crippen LogP contribution in [0.4, 0.5) is 5.69 Å². The number of nitrogens with one attached hydrogen (secondary N) is 1. The molecule has 8 nitrogen and oxygen atoms in total. The Bertz CT molecular complexity index is 707. The maximum absolute atomic E-state index is 12.1. The number of hydrogen-bond donors (Lipinski definition) is 2. The molecule has 0 aromatic heterocycles. The first-order chi connectivity index (χ1) is 12.9. The van der Waals surface area contributed by atoms with Gasteiger partial charge in [-0.25, -0.2) is 0 Å². The van der Waals surface area contributed by atoms with Crippen LogP contribution in [0.3, 0.4) is 0 Å². The van der Waals surface area contributed by atoms with Crippen molar-refractivity contribution >= 4 is 17.5 Å². The predicted octanol–water partition coefficient (Wildman–Crippen LogP) is 0.744. The number of methoxy groups -OCH3 is 1. The Morgan fingerprint density at radius 2 is 2.15 bits per heavy atom. The quantitative estimate of drug-likeness (QED) is 0.758. The van der Waals surface area contributed by atoms with Crippen molar-refractivity contribution in [1.29, 1.82) is 0 Å². The smallest absolute Gasteiger partial charge is 0.250 e. The first-order valence-electron chi connectivity index (χ1n) is 8.98. The van der Waals surface area contributed by atoms with Crippen LogP contribution in [-0.2, 0) is 19.1 Å². The Balaban J connectivity index is 1.79. The Kier molecular flexibility index (Phi) is 5.98. The molecule has 0 saturated carbocycles. The number of carbonyl (C=O) groups excluding carboxylic acids is 2. The van der Waals surface area contributed by atoms with Crippen molar-refractivity contribution < 1.29 is 28.9 Å². The molecule has 1 aromatic rings. The molecular formula is C19H26N2O6. The molecule has 0 spiro atoms. The summed E-state index contributed by atoms with van der Waals surface area (Å²) in [5.74, 6) is 0.457. The van der Waals surface area contributed by atoms with E-state index in [-0.39, 0.29) is 49.6 Å². The lowest BCUT2D eigenvalue weighted by atomic mass is 9.84. The molecule has 0 unspecified atom stereocenters. The molecule has 2 aliphatic rings. The standard InChI is InChI=1S/C19H26N2O6/c1-21(2)18(24)8-12-7-14-13-6-11(20-17(23)10-25-3)4-5-15(13)27-19(14)16(9-22)26-12/h4-6,12,14,16,19,22H,7-10H2,1-3H3,(H,20,23)/t12-,14+,16-,19-/m1/s1. The number of rotatable bonds is 6. The molecule has 0 radical (unpaired) electrons. The predicted molar refractivity (Wildman–Crippen MR) is 97.8 cm³/mol. The molecular weight excluding hydrogens is 352 g/mol. The number of nitrogens with zero attached hydrogens (tertiary/aromatic N) is 1. The van der Waals surface area contributed by atoms with Crippen LogP contribution in [0.1, 0.15) is 24.3 Å². The summed E-state index contributed by atoms with van der Waals surface area (Å²) in [6.07, 6.45) is -0.224. The van der Waals surface area contributed by atoms with Gasteiger partial charge in [-0.3, -0.25) is 9.59 Å². The molecule has 148 valence electrons. The van der Waals surface area contributed by atoms with E-state index in [0.717, 1.165) is 11.3 Å². The Morgan fingerprint density at radius 1 is 1.37 bits per heavy atom. The molecule has 2 N–H and O–H groups in total. The Hall–Kier alpha value is -2.16. The SMILES string of the molecule is COCC(=O)Nc1ccc2c(c1)[C@@H]1C[C@H](CC(=O)N(C)C)O[C@H](CO)[C@@H]1O2. The number of fused-ring (bicyclic) bond motifs is 3. The second-order valence-electron chi connectivity index (χ2n) is 7.13. The fourth-order valence-electron chi connectivity index (χ4n) is 3.67. The van der Waals surface area contributed by atoms with E-state index in [1.807, 2.05) is 12.1 Å². The van der Waals surface area contributed by atoms with E-state index in [2.05, 4.69) is 5.32 Å². The van der Waals surface area contributed by atoms with Gasteiger partial charge in [-0.05, 0) is 24.6 Å². The average molecular weight is 378 g/mol. The van der Waals surface area contributed by atoms with Gasteiger partial charge >= 0.3 is 0 Å². The third-order valence-electron chi connectivity index (χ3n) is 4.96. The van der Waals surface area contributed by atoms with Crippen LogP contribution in [0.15, 0.2) is 18.2 Å². The van der Waals surface area contributed by atoms with E-state index in [4.69, 9.17) is 14.2 Å². The second kappa shape index (κ2) is 8.24. The van der Waals surface area contributed by atoms with Gasteiger partial charge in [-0.2, -0.15) is 0 Å². The van der Waals surface area contributed by atoms with Gasteiger partial charge in [0.2, 0.25) is 11.8 Å². The normalized spacial score (nSPS) is 25.9. The van der Waals surface area contributed by atoms with Crippen LogP contribution >= 0.6 is 0 Å². The number of hydrogen-bond acceptors (Lipinski definition) is 6. The third-order valence-corrected chi connectivity index (χ3v) is 4.96. The average Bonchev–Trinajstić information content (AvgIpc) is 2.99. The number of aliphatic hydroxyl groups is 1. The molecule has 8 heteroatoms. The fraction of sp³-hybridized carbons (Fsp3) is 0.579. The molecule has 4 atom stereocenters. The number of ether oxygens (including phenoxy) is 3. The van der Waals surface area contributed by atoms with Crippen LogP contribution in [0.5, 0.6) is 5.75 Å². The highest BCUT2D eigenvalue weighted by Crippen LogP contribution is 2.47. The van der Waals surface area contributed by atoms with Gasteiger partial charge in [-0.15, -0.1) is 0 Å². The first kappa shape index (κ1) is 19.6. The van der Waals surface area contributed by atoms with Crippen LogP contribution in [0, 0.1) is 0 Å². The summed E-state index contributed by atoms with van der Waals surface area (Å²) >= 11 is 0. The van der Waals surface area contributed by atoms with E-state index >= 15 is 0 Å². The molecule has 0 bridgehead atoms. The van der Waals surface area contributed by atoms with E-state index in [9.17, 15) is 14.7 Å². The molecule has 1 fully saturated rings. The van der Waals surface area contributed by atoms with Crippen molar-refractivity contribution in [2.75, 3.05) is 39.7 Å². The van der Waals surface area contributed by atoms with Gasteiger partial charge in [-0.1, -0.05) is 0 Å². The van der Waals surface area contributed by atoms with Gasteiger partial charge < -0.3 is 29.5 Å². The summed E-state index contributed by atoms with van der Waals surface area (Å²) in [5, 5.41) is 12.5. The van der Waals surface area contributed by atoms with Gasteiger partial charge in [0.1, 0.15) is 24.6 Å². The number of anilines is 1. The monoisotopic (exact) mass is 378 g/mol. The maximum Gasteiger partial charge on any atom is 0.250 e. The minimum Gasteiger partial charge on any atom is -0.487 e. The van der Waals surface area contributed by atoms with Crippen LogP contribution < -0.4 is 10.1 Å². The molecule has 1 aromatic carbocycles. The summed E-state index contributed by atoms with van der Waals surface area (Å²) in [6.45, 7) is -0.200. The van der Waals surface area contributed by atoms with Crippen molar-refractivity contribution in [3.05, 3.63) is 23.8 Å². The summed E-state index contributed by atoms with van der Waals surface area (Å²) in [4.78, 5) is 25.4. The highest BCUT2D eigenvalue weighted by Gasteiger charge is 2.46. The maximum atomic E-state index is 12.1. The molecule has 2 amide bonds. The van der Waals surface area contributed by atoms with Gasteiger partial charge in [0.05, 0.1) is 19.1 Å². The van der Waals surface area contributed by atoms with Crippen LogP contribution in [0.25, 0.3) is 0 Å². The lowest BCUT2D eigenvalue weighted by Gasteiger charge is -2.37. The third kappa shape index (κ3) is 4.23. The zero-order valence-corrected chi connectivity index (χ0v) is 15.8. The number of benzene rings is 1. The Morgan fingerprint density at radius 3 is 2.81 bits per heavy atom. The number of amides is 2. The molecule has 2 aliphatic heterocycles. The zero-order valence-electron chi connectivity index (χ0n) is 15.8. The number of aliphatic hydroxyl groups excluding tert-OH is 1. The van der Waals surface area contributed by atoms with Gasteiger partial charge in [0, 0.05) is 38.4 Å². The lowest BCUT2D eigenvalue weighted by molar-refractivity contribution is -0.147. The van der Waals surface area contributed by atoms with E-state index in [1.54, 1.807) is 20.2 Å². The highest BCUT2D eigenvalue weighted by molar-refractivity contribution is 5.91. The highest BCUT2D eigenvalue weighted by atomic mass is 16.6. The summed E-state index contributed by atoms with van der Waals surface area (Å²) < 4.78 is 16.8. The largest absolute Gasteiger partial charge is 0.487 e. The second-order valence-corrected chi connectivity index (χ2v) is 7.13. The van der Waals surface area contributed by atoms with Crippen molar-refractivity contribution in [1.82, 2.24) is 4.90 Å². The lowest BCUT2D eigenvalue weighted by Crippen LogP contribution is -2.47. The fourth-order valence-corrected chi connectivity index (χ4v) is 3.67. The van der Waals surface area contributed by atoms with E-state index in [1.165, 1.54) is 12.0 Å². The number of carbonyl (C=O) groups is 2. The minimum absolute atomic E-state index is 0.00913. The zero-order chi connectivity index (χ0) is 19.6. The summed E-state index contributed by atoms with van der Waals surface area (Å²) in [6, 6.07) is 5.47. The van der Waals surface area contributed by atoms with Gasteiger partial charge in [0.15, 0.2) is 0 Å². The van der Waals surface area contributed by atoms with Crippen LogP contribution in [0.2, 0.25) is 0 Å². The van der Waals surface area contributed by atoms with Crippen molar-refractivity contribution in [3.63, 3.8) is 0 Å². The molecule has 2 heterocycles. The van der Waals surface area contributed by atoms with Crippen molar-refractivity contribution in [3.8, 4) is 5.75 Å². The first-order valence-corrected chi connectivity index (χ1v) is 8.98. The van der Waals surface area contributed by atoms with Gasteiger partial charge in [0.25, 0.3) is 0 Å². The topological polar surface area (TPSA) is 97.3 Å². The molecule has 27 heavy (non-hydrogen) atoms. The summed E-state index contributed by atoms with van der Waals surface area (Å²) in [5.41, 5.74) is 1.62. The van der Waals surface area contributed by atoms with Crippen molar-refractivity contribution in [2.24, 2.45) is 0 Å².